The fourth-order valence-corrected chi connectivity index (χ4v) is 0.874. The molecule has 1 aromatic carbocycles. The third kappa shape index (κ3) is 42.8. The van der Waals surface area contributed by atoms with Crippen LogP contribution in [-0.4, -0.2) is 26.4 Å². The van der Waals surface area contributed by atoms with Crippen molar-refractivity contribution in [2.75, 3.05) is 0 Å². The first-order valence-corrected chi connectivity index (χ1v) is 16.8. The van der Waals surface area contributed by atoms with Gasteiger partial charge in [0.15, 0.2) is 0 Å². The molecule has 0 aromatic heterocycles. The number of rotatable bonds is 0. The summed E-state index contributed by atoms with van der Waals surface area (Å²) in [6.45, 7) is 27.1. The summed E-state index contributed by atoms with van der Waals surface area (Å²) in [5.74, 6) is 0. The quantitative estimate of drug-likeness (QED) is 0.312. The van der Waals surface area contributed by atoms with Gasteiger partial charge in [0.1, 0.15) is 0 Å². The Balaban J connectivity index is -0.000000107. The fourth-order valence-electron chi connectivity index (χ4n) is 0.874. The second kappa shape index (κ2) is 18.2. The van der Waals surface area contributed by atoms with Crippen molar-refractivity contribution in [2.24, 2.45) is 0 Å². The van der Waals surface area contributed by atoms with Crippen molar-refractivity contribution in [3.63, 3.8) is 0 Å². The fraction of sp³-hybridized carbons (Fsp3) is 0.722. The van der Waals surface area contributed by atoms with E-state index in [0.29, 0.717) is 5.41 Å². The molecule has 0 amide bonds. The van der Waals surface area contributed by atoms with E-state index in [1.165, 1.54) is 5.56 Å². The monoisotopic (exact) mass is 430 g/mol. The van der Waals surface area contributed by atoms with Gasteiger partial charge in [-0.3, -0.25) is 0 Å². The molecule has 1 aromatic rings. The van der Waals surface area contributed by atoms with Gasteiger partial charge in [0.05, 0.1) is 0 Å². The summed E-state index contributed by atoms with van der Waals surface area (Å²) in [5, 5.41) is 0. The SMILES string of the molecule is CC(C)(C)[c-]1cccc1.C[Si](C)C.C[Si](C)C.C[Si](C)C.[Zr]. The Kier molecular flexibility index (Phi) is 25.5. The van der Waals surface area contributed by atoms with Crippen molar-refractivity contribution >= 4 is 26.4 Å². The maximum atomic E-state index is 2.27. The molecule has 3 radical (unpaired) electrons. The number of hydrogen-bond acceptors (Lipinski definition) is 0. The Morgan fingerprint density at radius 2 is 0.773 bits per heavy atom. The van der Waals surface area contributed by atoms with Gasteiger partial charge in [-0.05, 0) is 0 Å². The molecule has 0 bridgehead atoms. The zero-order chi connectivity index (χ0) is 17.6. The van der Waals surface area contributed by atoms with Gasteiger partial charge in [-0.2, -0.15) is 17.7 Å². The average Bonchev–Trinajstić information content (AvgIpc) is 2.64. The second-order valence-electron chi connectivity index (χ2n) is 7.92. The third-order valence-electron chi connectivity index (χ3n) is 1.53. The van der Waals surface area contributed by atoms with Gasteiger partial charge in [-0.1, -0.05) is 85.1 Å². The Hall–Kier alpha value is 0.884. The summed E-state index contributed by atoms with van der Waals surface area (Å²) in [5.41, 5.74) is 1.74. The molecule has 4 heteroatoms. The van der Waals surface area contributed by atoms with Crippen LogP contribution < -0.4 is 0 Å². The first-order valence-electron chi connectivity index (χ1n) is 7.83. The van der Waals surface area contributed by atoms with Gasteiger partial charge < -0.3 is 0 Å². The van der Waals surface area contributed by atoms with Gasteiger partial charge in [0, 0.05) is 52.6 Å². The molecule has 0 fully saturated rings. The Morgan fingerprint density at radius 1 is 0.591 bits per heavy atom. The zero-order valence-corrected chi connectivity index (χ0v) is 22.8. The molecule has 0 atom stereocenters. The van der Waals surface area contributed by atoms with Crippen molar-refractivity contribution < 1.29 is 26.2 Å². The van der Waals surface area contributed by atoms with Crippen LogP contribution in [0.3, 0.4) is 0 Å². The molecule has 0 saturated carbocycles. The van der Waals surface area contributed by atoms with Crippen LogP contribution in [0.15, 0.2) is 24.3 Å². The van der Waals surface area contributed by atoms with Crippen molar-refractivity contribution in [1.82, 2.24) is 0 Å². The minimum absolute atomic E-state index is 0. The maximum absolute atomic E-state index is 2.27. The van der Waals surface area contributed by atoms with Crippen LogP contribution in [0.5, 0.6) is 0 Å². The molecule has 22 heavy (non-hydrogen) atoms. The summed E-state index contributed by atoms with van der Waals surface area (Å²) in [6, 6.07) is 8.50. The minimum atomic E-state index is 0. The van der Waals surface area contributed by atoms with Crippen molar-refractivity contribution in [1.29, 1.82) is 0 Å². The first-order chi connectivity index (χ1) is 9.30. The van der Waals surface area contributed by atoms with E-state index in [1.54, 1.807) is 0 Å². The maximum Gasteiger partial charge on any atom is 0.0379 e. The smallest absolute Gasteiger partial charge is 0.0379 e. The van der Waals surface area contributed by atoms with E-state index in [4.69, 9.17) is 0 Å². The predicted molar refractivity (Wildman–Crippen MR) is 111 cm³/mol. The molecule has 0 aliphatic heterocycles. The molecule has 0 aliphatic carbocycles. The van der Waals surface area contributed by atoms with E-state index in [2.05, 4.69) is 104 Å². The molecule has 0 saturated heterocycles. The van der Waals surface area contributed by atoms with Gasteiger partial charge in [0.2, 0.25) is 0 Å². The second-order valence-corrected chi connectivity index (χ2v) is 16.9. The van der Waals surface area contributed by atoms with Crippen LogP contribution in [0.4, 0.5) is 0 Å². The standard InChI is InChI=1S/C9H13.3C3H9Si.Zr/c1-9(2,3)8-6-4-5-7-8;3*1-4(2)3;/h4-7H,1-3H3;3*1-3H3;/q-1;;;;. The summed E-state index contributed by atoms with van der Waals surface area (Å²) in [6.07, 6.45) is 0. The number of hydrogen-bond donors (Lipinski definition) is 0. The molecular weight excluding hydrogens is 392 g/mol. The molecule has 0 unspecified atom stereocenters. The topological polar surface area (TPSA) is 0 Å². The van der Waals surface area contributed by atoms with Gasteiger partial charge in [-0.15, -0.1) is 0 Å². The van der Waals surface area contributed by atoms with Gasteiger partial charge in [-0.25, -0.2) is 12.1 Å². The van der Waals surface area contributed by atoms with Gasteiger partial charge in [0.25, 0.3) is 0 Å². The van der Waals surface area contributed by atoms with Crippen molar-refractivity contribution in [3.05, 3.63) is 29.8 Å². The molecule has 129 valence electrons. The molecule has 0 aliphatic rings. The van der Waals surface area contributed by atoms with Crippen LogP contribution >= 0.6 is 0 Å². The summed E-state index contributed by atoms with van der Waals surface area (Å²) < 4.78 is 0. The van der Waals surface area contributed by atoms with E-state index < -0.39 is 0 Å². The molecule has 0 N–H and O–H groups in total. The van der Waals surface area contributed by atoms with E-state index in [-0.39, 0.29) is 52.6 Å². The first kappa shape index (κ1) is 30.7. The van der Waals surface area contributed by atoms with Crippen LogP contribution in [-0.2, 0) is 31.6 Å². The van der Waals surface area contributed by atoms with Crippen molar-refractivity contribution in [3.8, 4) is 0 Å². The zero-order valence-electron chi connectivity index (χ0n) is 17.3. The summed E-state index contributed by atoms with van der Waals surface area (Å²) in [7, 11) is 0.361. The van der Waals surface area contributed by atoms with Crippen molar-refractivity contribution in [2.45, 2.75) is 85.1 Å². The summed E-state index contributed by atoms with van der Waals surface area (Å²) in [4.78, 5) is 0. The van der Waals surface area contributed by atoms with E-state index >= 15 is 0 Å². The summed E-state index contributed by atoms with van der Waals surface area (Å²) >= 11 is 0. The van der Waals surface area contributed by atoms with Gasteiger partial charge >= 0.3 is 0 Å². The Labute approximate surface area is 166 Å². The van der Waals surface area contributed by atoms with Crippen LogP contribution in [0, 0.1) is 0 Å². The molecule has 1 rings (SSSR count). The van der Waals surface area contributed by atoms with Crippen LogP contribution in [0.1, 0.15) is 26.3 Å². The molecule has 0 nitrogen and oxygen atoms in total. The van der Waals surface area contributed by atoms with E-state index in [9.17, 15) is 0 Å². The minimum Gasteiger partial charge on any atom is -0.213 e. The third-order valence-corrected chi connectivity index (χ3v) is 1.53. The predicted octanol–water partition coefficient (Wildman–Crippen LogP) is 6.81. The molecule has 0 heterocycles. The Morgan fingerprint density at radius 3 is 0.864 bits per heavy atom. The van der Waals surface area contributed by atoms with E-state index in [1.807, 2.05) is 0 Å². The average molecular weight is 432 g/mol. The largest absolute Gasteiger partial charge is 0.213 e. The normalized spacial score (nSPS) is 9.77. The van der Waals surface area contributed by atoms with Crippen LogP contribution in [0.25, 0.3) is 0 Å². The van der Waals surface area contributed by atoms with E-state index in [0.717, 1.165) is 0 Å². The molecular formula is C18H40Si3Zr-. The van der Waals surface area contributed by atoms with Crippen LogP contribution in [0.2, 0.25) is 58.9 Å². The Bertz CT molecular complexity index is 263. The molecule has 0 spiro atoms.